The first-order valence-electron chi connectivity index (χ1n) is 15.3. The average Bonchev–Trinajstić information content (AvgIpc) is 2.89. The Morgan fingerprint density at radius 3 is 2.79 bits per heavy atom. The van der Waals surface area contributed by atoms with Crippen LogP contribution in [0.25, 0.3) is 0 Å². The third-order valence-corrected chi connectivity index (χ3v) is 9.63. The summed E-state index contributed by atoms with van der Waals surface area (Å²) in [5.74, 6) is 1.81. The number of phenols is 1. The fraction of sp³-hybridized carbons (Fsp3) is 0.727. The number of β-amino-alcohol motifs (C(OH)–C–C–N with tert-alkyl or cyclic N) is 1. The van der Waals surface area contributed by atoms with Gasteiger partial charge in [0.15, 0.2) is 0 Å². The van der Waals surface area contributed by atoms with E-state index in [2.05, 4.69) is 51.7 Å². The fourth-order valence-electron chi connectivity index (χ4n) is 7.21. The van der Waals surface area contributed by atoms with Crippen molar-refractivity contribution >= 4 is 6.47 Å². The summed E-state index contributed by atoms with van der Waals surface area (Å²) in [5.41, 5.74) is 2.70. The molecule has 0 aromatic heterocycles. The molecule has 3 aliphatic rings. The summed E-state index contributed by atoms with van der Waals surface area (Å²) < 4.78 is 11.6. The number of likely N-dealkylation sites (tertiary alicyclic amines) is 1. The molecule has 0 saturated carbocycles. The van der Waals surface area contributed by atoms with Gasteiger partial charge in [-0.25, -0.2) is 0 Å². The molecule has 1 aromatic carbocycles. The minimum absolute atomic E-state index is 0.0402. The summed E-state index contributed by atoms with van der Waals surface area (Å²) in [4.78, 5) is 12.9. The van der Waals surface area contributed by atoms with Gasteiger partial charge in [0.25, 0.3) is 6.47 Å². The van der Waals surface area contributed by atoms with Crippen molar-refractivity contribution < 1.29 is 24.5 Å². The first kappa shape index (κ1) is 29.9. The van der Waals surface area contributed by atoms with Crippen LogP contribution in [0, 0.1) is 11.8 Å². The monoisotopic (exact) mass is 541 g/mol. The SMILES string of the molecule is CCCCCCC(C)(C)c1cc(O)c2c(c1)OC(C)(C)[C@@H]1CC=C(C(O)CN3CCCC(COC=O)C3)CC21. The van der Waals surface area contributed by atoms with E-state index < -0.39 is 6.10 Å². The number of allylic oxidation sites excluding steroid dienone is 1. The summed E-state index contributed by atoms with van der Waals surface area (Å²) in [6.07, 6.45) is 11.3. The molecule has 2 aliphatic heterocycles. The van der Waals surface area contributed by atoms with Crippen molar-refractivity contribution in [2.45, 2.75) is 115 Å². The minimum Gasteiger partial charge on any atom is -0.508 e. The van der Waals surface area contributed by atoms with Crippen molar-refractivity contribution in [1.82, 2.24) is 4.90 Å². The highest BCUT2D eigenvalue weighted by atomic mass is 16.5. The van der Waals surface area contributed by atoms with E-state index in [0.717, 1.165) is 67.6 Å². The van der Waals surface area contributed by atoms with Gasteiger partial charge in [0.2, 0.25) is 0 Å². The maximum absolute atomic E-state index is 11.4. The quantitative estimate of drug-likeness (QED) is 0.179. The van der Waals surface area contributed by atoms with E-state index in [9.17, 15) is 15.0 Å². The molecule has 0 radical (unpaired) electrons. The number of hydrogen-bond donors (Lipinski definition) is 2. The number of piperidine rings is 1. The van der Waals surface area contributed by atoms with E-state index in [1.165, 1.54) is 25.7 Å². The van der Waals surface area contributed by atoms with E-state index in [1.807, 2.05) is 6.07 Å². The molecule has 2 N–H and O–H groups in total. The number of rotatable bonds is 12. The molecule has 6 heteroatoms. The number of fused-ring (bicyclic) bond motifs is 3. The van der Waals surface area contributed by atoms with Crippen molar-refractivity contribution in [1.29, 1.82) is 0 Å². The Morgan fingerprint density at radius 2 is 2.05 bits per heavy atom. The van der Waals surface area contributed by atoms with Gasteiger partial charge in [-0.2, -0.15) is 0 Å². The number of nitrogens with zero attached hydrogens (tertiary/aromatic N) is 1. The predicted octanol–water partition coefficient (Wildman–Crippen LogP) is 6.48. The number of hydrogen-bond acceptors (Lipinski definition) is 6. The van der Waals surface area contributed by atoms with Crippen LogP contribution in [0.5, 0.6) is 11.5 Å². The molecular weight excluding hydrogens is 490 g/mol. The van der Waals surface area contributed by atoms with Crippen molar-refractivity contribution in [2.24, 2.45) is 11.8 Å². The minimum atomic E-state index is -0.547. The van der Waals surface area contributed by atoms with Crippen molar-refractivity contribution in [2.75, 3.05) is 26.2 Å². The van der Waals surface area contributed by atoms with Crippen molar-refractivity contribution in [3.05, 3.63) is 34.9 Å². The molecule has 2 heterocycles. The van der Waals surface area contributed by atoms with E-state index >= 15 is 0 Å². The molecule has 1 aromatic rings. The highest BCUT2D eigenvalue weighted by molar-refractivity contribution is 5.54. The molecule has 1 aliphatic carbocycles. The van der Waals surface area contributed by atoms with Crippen LogP contribution in [0.15, 0.2) is 23.8 Å². The van der Waals surface area contributed by atoms with Crippen LogP contribution in [0.4, 0.5) is 0 Å². The Balaban J connectivity index is 1.50. The molecule has 0 amide bonds. The Kier molecular flexibility index (Phi) is 9.69. The Morgan fingerprint density at radius 1 is 1.26 bits per heavy atom. The zero-order valence-electron chi connectivity index (χ0n) is 24.9. The van der Waals surface area contributed by atoms with E-state index in [-0.39, 0.29) is 22.9 Å². The molecule has 0 spiro atoms. The van der Waals surface area contributed by atoms with Crippen molar-refractivity contribution in [3.63, 3.8) is 0 Å². The van der Waals surface area contributed by atoms with Crippen LogP contribution in [0.3, 0.4) is 0 Å². The van der Waals surface area contributed by atoms with Gasteiger partial charge in [-0.15, -0.1) is 0 Å². The Bertz CT molecular complexity index is 1020. The topological polar surface area (TPSA) is 79.2 Å². The summed E-state index contributed by atoms with van der Waals surface area (Å²) in [6, 6.07) is 4.15. The number of aromatic hydroxyl groups is 1. The van der Waals surface area contributed by atoms with Gasteiger partial charge in [0.1, 0.15) is 17.1 Å². The third-order valence-electron chi connectivity index (χ3n) is 9.63. The van der Waals surface area contributed by atoms with Gasteiger partial charge in [-0.1, -0.05) is 52.5 Å². The Hall–Kier alpha value is -2.05. The van der Waals surface area contributed by atoms with Gasteiger partial charge in [-0.3, -0.25) is 4.79 Å². The van der Waals surface area contributed by atoms with Gasteiger partial charge in [-0.05, 0) is 81.2 Å². The highest BCUT2D eigenvalue weighted by Crippen LogP contribution is 2.55. The van der Waals surface area contributed by atoms with E-state index in [4.69, 9.17) is 9.47 Å². The maximum Gasteiger partial charge on any atom is 0.293 e. The zero-order valence-corrected chi connectivity index (χ0v) is 24.9. The lowest BCUT2D eigenvalue weighted by atomic mass is 9.66. The number of ether oxygens (including phenoxy) is 2. The molecule has 39 heavy (non-hydrogen) atoms. The van der Waals surface area contributed by atoms with Crippen molar-refractivity contribution in [3.8, 4) is 11.5 Å². The van der Waals surface area contributed by atoms with Crippen LogP contribution in [0.1, 0.15) is 109 Å². The van der Waals surface area contributed by atoms with Gasteiger partial charge in [0.05, 0.1) is 12.7 Å². The van der Waals surface area contributed by atoms with Crippen LogP contribution < -0.4 is 4.74 Å². The molecule has 1 fully saturated rings. The second-order valence-corrected chi connectivity index (χ2v) is 13.5. The molecule has 4 rings (SSSR count). The highest BCUT2D eigenvalue weighted by Gasteiger charge is 2.47. The molecule has 6 nitrogen and oxygen atoms in total. The normalized spacial score (nSPS) is 25.6. The Labute approximate surface area is 235 Å². The molecule has 1 saturated heterocycles. The number of carbonyl (C=O) groups is 1. The lowest BCUT2D eigenvalue weighted by Gasteiger charge is -2.48. The van der Waals surface area contributed by atoms with E-state index in [1.54, 1.807) is 0 Å². The van der Waals surface area contributed by atoms with Gasteiger partial charge < -0.3 is 24.6 Å². The largest absolute Gasteiger partial charge is 0.508 e. The predicted molar refractivity (Wildman–Crippen MR) is 155 cm³/mol. The third kappa shape index (κ3) is 7.00. The number of aliphatic hydroxyl groups excluding tert-OH is 1. The van der Waals surface area contributed by atoms with Gasteiger partial charge >= 0.3 is 0 Å². The van der Waals surface area contributed by atoms with Gasteiger partial charge in [0, 0.05) is 36.4 Å². The van der Waals surface area contributed by atoms with Crippen LogP contribution in [-0.2, 0) is 14.9 Å². The number of carbonyl (C=O) groups excluding carboxylic acids is 1. The lowest BCUT2D eigenvalue weighted by Crippen LogP contribution is -2.47. The standard InChI is InChI=1S/C33H51NO5/c1-6-7-8-9-14-32(2,3)25-17-28(36)31-26-16-24(12-13-27(26)33(4,5)39-30(31)18-25)29(37)20-34-15-10-11-23(19-34)21-38-22-35/h12,17-18,22-23,26-27,29,36-37H,6-11,13-16,19-21H2,1-5H3/t23?,26?,27-,29?/m1/s1. The van der Waals surface area contributed by atoms with Crippen LogP contribution >= 0.6 is 0 Å². The first-order valence-corrected chi connectivity index (χ1v) is 15.3. The number of aliphatic hydroxyl groups is 1. The van der Waals surface area contributed by atoms with E-state index in [0.29, 0.717) is 31.3 Å². The summed E-state index contributed by atoms with van der Waals surface area (Å²) in [7, 11) is 0. The fourth-order valence-corrected chi connectivity index (χ4v) is 7.21. The molecule has 3 unspecified atom stereocenters. The second kappa shape index (κ2) is 12.6. The smallest absolute Gasteiger partial charge is 0.293 e. The summed E-state index contributed by atoms with van der Waals surface area (Å²) in [6.45, 7) is 14.5. The number of benzene rings is 1. The molecule has 218 valence electrons. The lowest BCUT2D eigenvalue weighted by molar-refractivity contribution is -0.130. The molecule has 4 atom stereocenters. The van der Waals surface area contributed by atoms with Crippen LogP contribution in [-0.4, -0.2) is 59.5 Å². The zero-order chi connectivity index (χ0) is 28.2. The first-order chi connectivity index (χ1) is 18.6. The number of phenolic OH excluding ortho intramolecular Hbond substituents is 1. The number of unbranched alkanes of at least 4 members (excludes halogenated alkanes) is 3. The second-order valence-electron chi connectivity index (χ2n) is 13.5. The van der Waals surface area contributed by atoms with Crippen LogP contribution in [0.2, 0.25) is 0 Å². The molecule has 0 bridgehead atoms. The summed E-state index contributed by atoms with van der Waals surface area (Å²) >= 11 is 0. The maximum atomic E-state index is 11.4. The average molecular weight is 542 g/mol. The molecular formula is C33H51NO5. The summed E-state index contributed by atoms with van der Waals surface area (Å²) in [5, 5.41) is 22.7.